The van der Waals surface area contributed by atoms with Crippen LogP contribution in [0.2, 0.25) is 0 Å². The van der Waals surface area contributed by atoms with Crippen LogP contribution in [0.1, 0.15) is 0 Å². The van der Waals surface area contributed by atoms with E-state index in [-0.39, 0.29) is 0 Å². The zero-order chi connectivity index (χ0) is 13.1. The number of H-pyrrole nitrogens is 1. The van der Waals surface area contributed by atoms with Crippen LogP contribution in [0.4, 0.5) is 0 Å². The molecular formula is C15H11N3S. The molecule has 0 atom stereocenters. The van der Waals surface area contributed by atoms with Crippen molar-refractivity contribution >= 4 is 12.2 Å². The lowest BCUT2D eigenvalue weighted by Gasteiger charge is -2.03. The second-order valence-electron chi connectivity index (χ2n) is 4.12. The van der Waals surface area contributed by atoms with Crippen LogP contribution in [-0.4, -0.2) is 15.2 Å². The van der Waals surface area contributed by atoms with Crippen molar-refractivity contribution in [1.29, 1.82) is 0 Å². The van der Waals surface area contributed by atoms with Crippen molar-refractivity contribution < 1.29 is 0 Å². The van der Waals surface area contributed by atoms with Gasteiger partial charge in [-0.05, 0) is 23.3 Å². The third kappa shape index (κ3) is 2.58. The normalized spacial score (nSPS) is 10.3. The standard InChI is InChI=1S/C15H11N3S/c19-15-17-14(10-16-18-15)13-8-6-12(7-9-13)11-4-2-1-3-5-11/h1-10H,(H,17,18,19). The number of nitrogens with zero attached hydrogens (tertiary/aromatic N) is 2. The smallest absolute Gasteiger partial charge is 0.214 e. The number of hydrogen-bond donors (Lipinski definition) is 1. The summed E-state index contributed by atoms with van der Waals surface area (Å²) >= 11 is 4.97. The van der Waals surface area contributed by atoms with E-state index in [2.05, 4.69) is 39.4 Å². The van der Waals surface area contributed by atoms with E-state index in [1.54, 1.807) is 6.20 Å². The molecule has 0 aliphatic heterocycles. The van der Waals surface area contributed by atoms with Gasteiger partial charge in [0.15, 0.2) is 0 Å². The molecule has 0 aliphatic rings. The first-order valence-corrected chi connectivity index (χ1v) is 6.31. The number of hydrogen-bond acceptors (Lipinski definition) is 3. The van der Waals surface area contributed by atoms with Crippen LogP contribution >= 0.6 is 12.2 Å². The molecule has 19 heavy (non-hydrogen) atoms. The highest BCUT2D eigenvalue weighted by Gasteiger charge is 2.01. The predicted molar refractivity (Wildman–Crippen MR) is 78.1 cm³/mol. The number of aromatic amines is 1. The summed E-state index contributed by atoms with van der Waals surface area (Å²) < 4.78 is 0.393. The highest BCUT2D eigenvalue weighted by Crippen LogP contribution is 2.22. The van der Waals surface area contributed by atoms with Crippen LogP contribution in [0.5, 0.6) is 0 Å². The summed E-state index contributed by atoms with van der Waals surface area (Å²) in [5.41, 5.74) is 4.17. The molecule has 0 spiro atoms. The molecular weight excluding hydrogens is 254 g/mol. The zero-order valence-electron chi connectivity index (χ0n) is 10.1. The minimum Gasteiger partial charge on any atom is -0.252 e. The second-order valence-corrected chi connectivity index (χ2v) is 4.50. The molecule has 2 aromatic carbocycles. The summed E-state index contributed by atoms with van der Waals surface area (Å²) in [5.74, 6) is 0. The van der Waals surface area contributed by atoms with Gasteiger partial charge in [-0.15, -0.1) is 0 Å². The summed E-state index contributed by atoms with van der Waals surface area (Å²) in [6.07, 6.45) is 1.67. The second kappa shape index (κ2) is 5.12. The van der Waals surface area contributed by atoms with Crippen LogP contribution in [0.15, 0.2) is 60.8 Å². The van der Waals surface area contributed by atoms with Crippen LogP contribution in [-0.2, 0) is 0 Å². The molecule has 1 heterocycles. The van der Waals surface area contributed by atoms with Gasteiger partial charge in [-0.2, -0.15) is 5.10 Å². The Labute approximate surface area is 116 Å². The van der Waals surface area contributed by atoms with E-state index in [9.17, 15) is 0 Å². The van der Waals surface area contributed by atoms with Crippen molar-refractivity contribution in [3.05, 3.63) is 65.6 Å². The van der Waals surface area contributed by atoms with Crippen LogP contribution in [0.3, 0.4) is 0 Å². The molecule has 4 heteroatoms. The fourth-order valence-corrected chi connectivity index (χ4v) is 2.07. The summed E-state index contributed by atoms with van der Waals surface area (Å²) in [6.45, 7) is 0. The van der Waals surface area contributed by atoms with E-state index in [1.807, 2.05) is 30.3 Å². The fraction of sp³-hybridized carbons (Fsp3) is 0. The monoisotopic (exact) mass is 265 g/mol. The topological polar surface area (TPSA) is 41.6 Å². The number of benzene rings is 2. The Hall–Kier alpha value is -2.33. The van der Waals surface area contributed by atoms with E-state index < -0.39 is 0 Å². The molecule has 0 radical (unpaired) electrons. The average molecular weight is 265 g/mol. The highest BCUT2D eigenvalue weighted by molar-refractivity contribution is 7.71. The van der Waals surface area contributed by atoms with Crippen LogP contribution in [0.25, 0.3) is 22.4 Å². The number of nitrogens with one attached hydrogen (secondary N) is 1. The molecule has 0 saturated heterocycles. The molecule has 0 fully saturated rings. The van der Waals surface area contributed by atoms with Gasteiger partial charge in [0.05, 0.1) is 11.9 Å². The predicted octanol–water partition coefficient (Wildman–Crippen LogP) is 3.87. The molecule has 3 aromatic rings. The van der Waals surface area contributed by atoms with Crippen molar-refractivity contribution in [2.75, 3.05) is 0 Å². The molecule has 0 amide bonds. The SMILES string of the molecule is S=c1nc(-c2ccc(-c3ccccc3)cc2)cn[nH]1. The van der Waals surface area contributed by atoms with E-state index in [1.165, 1.54) is 11.1 Å². The quantitative estimate of drug-likeness (QED) is 0.715. The van der Waals surface area contributed by atoms with E-state index >= 15 is 0 Å². The van der Waals surface area contributed by atoms with Gasteiger partial charge in [-0.25, -0.2) is 4.98 Å². The summed E-state index contributed by atoms with van der Waals surface area (Å²) in [6, 6.07) is 18.5. The molecule has 0 aliphatic carbocycles. The third-order valence-electron chi connectivity index (χ3n) is 2.86. The van der Waals surface area contributed by atoms with Crippen LogP contribution in [0, 0.1) is 4.77 Å². The van der Waals surface area contributed by atoms with Gasteiger partial charge < -0.3 is 0 Å². The van der Waals surface area contributed by atoms with Crippen molar-refractivity contribution in [1.82, 2.24) is 15.2 Å². The maximum absolute atomic E-state index is 4.97. The summed E-state index contributed by atoms with van der Waals surface area (Å²) in [7, 11) is 0. The van der Waals surface area contributed by atoms with Gasteiger partial charge in [-0.3, -0.25) is 5.10 Å². The molecule has 1 N–H and O–H groups in total. The minimum absolute atomic E-state index is 0.393. The Morgan fingerprint density at radius 2 is 1.42 bits per heavy atom. The van der Waals surface area contributed by atoms with E-state index in [0.29, 0.717) is 4.77 Å². The highest BCUT2D eigenvalue weighted by atomic mass is 32.1. The summed E-state index contributed by atoms with van der Waals surface area (Å²) in [5, 5.41) is 6.58. The number of aromatic nitrogens is 3. The molecule has 3 rings (SSSR count). The fourth-order valence-electron chi connectivity index (χ4n) is 1.92. The van der Waals surface area contributed by atoms with Crippen LogP contribution < -0.4 is 0 Å². The van der Waals surface area contributed by atoms with E-state index in [4.69, 9.17) is 12.2 Å². The van der Waals surface area contributed by atoms with Crippen molar-refractivity contribution in [3.63, 3.8) is 0 Å². The molecule has 0 saturated carbocycles. The van der Waals surface area contributed by atoms with Gasteiger partial charge in [0, 0.05) is 5.56 Å². The lowest BCUT2D eigenvalue weighted by molar-refractivity contribution is 0.953. The lowest BCUT2D eigenvalue weighted by atomic mass is 10.0. The average Bonchev–Trinajstić information content (AvgIpc) is 2.48. The van der Waals surface area contributed by atoms with Gasteiger partial charge >= 0.3 is 0 Å². The number of rotatable bonds is 2. The van der Waals surface area contributed by atoms with Gasteiger partial charge in [0.2, 0.25) is 4.77 Å². The van der Waals surface area contributed by atoms with Gasteiger partial charge in [0.25, 0.3) is 0 Å². The Bertz CT molecular complexity index is 733. The zero-order valence-corrected chi connectivity index (χ0v) is 10.9. The Balaban J connectivity index is 1.98. The first kappa shape index (κ1) is 11.7. The molecule has 0 bridgehead atoms. The Morgan fingerprint density at radius 1 is 0.789 bits per heavy atom. The summed E-state index contributed by atoms with van der Waals surface area (Å²) in [4.78, 5) is 4.24. The maximum Gasteiger partial charge on any atom is 0.214 e. The minimum atomic E-state index is 0.393. The van der Waals surface area contributed by atoms with Crippen molar-refractivity contribution in [2.24, 2.45) is 0 Å². The van der Waals surface area contributed by atoms with Gasteiger partial charge in [-0.1, -0.05) is 54.6 Å². The Morgan fingerprint density at radius 3 is 2.11 bits per heavy atom. The van der Waals surface area contributed by atoms with Gasteiger partial charge in [0.1, 0.15) is 0 Å². The largest absolute Gasteiger partial charge is 0.252 e. The first-order valence-electron chi connectivity index (χ1n) is 5.90. The lowest BCUT2D eigenvalue weighted by Crippen LogP contribution is -1.89. The maximum atomic E-state index is 4.97. The third-order valence-corrected chi connectivity index (χ3v) is 3.04. The first-order chi connectivity index (χ1) is 9.33. The molecule has 92 valence electrons. The Kier molecular flexibility index (Phi) is 3.16. The molecule has 1 aromatic heterocycles. The molecule has 3 nitrogen and oxygen atoms in total. The van der Waals surface area contributed by atoms with Crippen molar-refractivity contribution in [3.8, 4) is 22.4 Å². The van der Waals surface area contributed by atoms with E-state index in [0.717, 1.165) is 11.3 Å². The molecule has 0 unspecified atom stereocenters. The van der Waals surface area contributed by atoms with Crippen molar-refractivity contribution in [2.45, 2.75) is 0 Å².